The molecule has 0 saturated heterocycles. The highest BCUT2D eigenvalue weighted by molar-refractivity contribution is 7.50. The van der Waals surface area contributed by atoms with Crippen molar-refractivity contribution in [2.24, 2.45) is 0 Å². The average molecular weight is 1040 g/mol. The second-order valence-corrected chi connectivity index (χ2v) is 17.2. The fourth-order valence-electron chi connectivity index (χ4n) is 6.41. The molecule has 0 radical (unpaired) electrons. The van der Waals surface area contributed by atoms with Crippen LogP contribution in [0.4, 0.5) is 5.69 Å². The summed E-state index contributed by atoms with van der Waals surface area (Å²) in [6, 6.07) is 10.2. The Morgan fingerprint density at radius 1 is 0.556 bits per heavy atom. The number of nitrogens with zero attached hydrogens (tertiary/aromatic N) is 1. The predicted octanol–water partition coefficient (Wildman–Crippen LogP) is 0.636. The fourth-order valence-corrected chi connectivity index (χ4v) is 7.47. The molecule has 0 spiro atoms. The lowest BCUT2D eigenvalue weighted by Gasteiger charge is -2.26. The summed E-state index contributed by atoms with van der Waals surface area (Å²) in [5.41, 5.74) is 3.30. The molecule has 1 aliphatic rings. The number of hydrogen-bond acceptors (Lipinski definition) is 15. The Bertz CT molecular complexity index is 2240. The molecule has 0 saturated carbocycles. The monoisotopic (exact) mass is 1040 g/mol. The second kappa shape index (κ2) is 33.3. The Labute approximate surface area is 414 Å². The van der Waals surface area contributed by atoms with E-state index in [0.29, 0.717) is 26.4 Å². The number of carbonyl (C=O) groups is 8. The maximum Gasteiger partial charge on any atom is 0.403 e. The minimum Gasteiger partial charge on any atom is -0.481 e. The van der Waals surface area contributed by atoms with Crippen molar-refractivity contribution in [3.05, 3.63) is 65.2 Å². The van der Waals surface area contributed by atoms with E-state index >= 15 is 0 Å². The summed E-state index contributed by atoms with van der Waals surface area (Å²) in [5.74, 6) is -1.64. The van der Waals surface area contributed by atoms with Gasteiger partial charge in [0.15, 0.2) is 0 Å². The first-order valence-electron chi connectivity index (χ1n) is 22.8. The number of benzene rings is 2. The first kappa shape index (κ1) is 60.0. The number of hydrogen-bond donors (Lipinski definition) is 9. The molecule has 4 atom stereocenters. The van der Waals surface area contributed by atoms with E-state index in [-0.39, 0.29) is 83.9 Å². The highest BCUT2D eigenvalue weighted by atomic mass is 31.2. The molecule has 4 amide bonds. The van der Waals surface area contributed by atoms with Crippen LogP contribution in [0.3, 0.4) is 0 Å². The third-order valence-electron chi connectivity index (χ3n) is 10.1. The van der Waals surface area contributed by atoms with Crippen LogP contribution in [0.1, 0.15) is 68.1 Å². The van der Waals surface area contributed by atoms with Crippen LogP contribution in [0.2, 0.25) is 0 Å². The van der Waals surface area contributed by atoms with Crippen LogP contribution < -0.4 is 25.9 Å². The zero-order chi connectivity index (χ0) is 52.7. The molecule has 3 rings (SSSR count). The lowest BCUT2D eigenvalue weighted by atomic mass is 10.0. The minimum absolute atomic E-state index is 0.0741. The molecule has 9 N–H and O–H groups in total. The number of carboxylic acids is 4. The van der Waals surface area contributed by atoms with Gasteiger partial charge in [0.1, 0.15) is 18.1 Å². The molecule has 25 nitrogen and oxygen atoms in total. The summed E-state index contributed by atoms with van der Waals surface area (Å²) >= 11 is 0. The first-order valence-corrected chi connectivity index (χ1v) is 24.4. The predicted molar refractivity (Wildman–Crippen MR) is 251 cm³/mol. The summed E-state index contributed by atoms with van der Waals surface area (Å²) in [6.45, 7) is 1.90. The van der Waals surface area contributed by atoms with E-state index in [0.717, 1.165) is 22.4 Å². The lowest BCUT2D eigenvalue weighted by Crippen LogP contribution is -2.44. The van der Waals surface area contributed by atoms with Crippen molar-refractivity contribution in [2.75, 3.05) is 84.1 Å². The molecule has 2 aromatic carbocycles. The van der Waals surface area contributed by atoms with Gasteiger partial charge in [-0.15, -0.1) is 0 Å². The van der Waals surface area contributed by atoms with Crippen molar-refractivity contribution in [3.63, 3.8) is 0 Å². The molecule has 0 bridgehead atoms. The molecular formula is C46H62N5O20P. The Balaban J connectivity index is 1.14. The fraction of sp³-hybridized carbons (Fsp3) is 0.522. The van der Waals surface area contributed by atoms with Gasteiger partial charge < -0.3 is 69.9 Å². The number of carboxylic acid groups (broad SMARTS) is 4. The summed E-state index contributed by atoms with van der Waals surface area (Å²) in [5, 5.41) is 45.7. The number of amides is 4. The molecule has 1 unspecified atom stereocenters. The largest absolute Gasteiger partial charge is 0.481 e. The van der Waals surface area contributed by atoms with E-state index in [1.807, 2.05) is 48.5 Å². The lowest BCUT2D eigenvalue weighted by molar-refractivity contribution is -0.143. The number of aliphatic carboxylic acids is 4. The molecule has 1 aliphatic heterocycles. The topological polar surface area (TPSA) is 362 Å². The second-order valence-electron chi connectivity index (χ2n) is 15.6. The Morgan fingerprint density at radius 2 is 1.03 bits per heavy atom. The van der Waals surface area contributed by atoms with Gasteiger partial charge in [-0.2, -0.15) is 0 Å². The maximum atomic E-state index is 13.3. The average Bonchev–Trinajstić information content (AvgIpc) is 3.32. The molecule has 26 heteroatoms. The van der Waals surface area contributed by atoms with Crippen molar-refractivity contribution in [1.82, 2.24) is 21.0 Å². The highest BCUT2D eigenvalue weighted by Crippen LogP contribution is 2.38. The molecule has 0 aromatic heterocycles. The number of fused-ring (bicyclic) bond motifs is 2. The number of nitrogens with one attached hydrogen (secondary N) is 4. The highest BCUT2D eigenvalue weighted by Gasteiger charge is 2.31. The van der Waals surface area contributed by atoms with Gasteiger partial charge in [-0.25, -0.2) is 19.2 Å². The van der Waals surface area contributed by atoms with Crippen molar-refractivity contribution in [1.29, 1.82) is 0 Å². The van der Waals surface area contributed by atoms with Gasteiger partial charge in [-0.3, -0.25) is 33.3 Å². The third-order valence-corrected chi connectivity index (χ3v) is 11.3. The maximum absolute atomic E-state index is 13.3. The van der Waals surface area contributed by atoms with Crippen LogP contribution in [-0.2, 0) is 77.7 Å². The molecule has 72 heavy (non-hydrogen) atoms. The molecule has 0 aliphatic carbocycles. The van der Waals surface area contributed by atoms with Crippen LogP contribution >= 0.6 is 7.75 Å². The van der Waals surface area contributed by atoms with E-state index in [2.05, 4.69) is 32.3 Å². The van der Waals surface area contributed by atoms with Gasteiger partial charge in [0.05, 0.1) is 84.9 Å². The summed E-state index contributed by atoms with van der Waals surface area (Å²) < 4.78 is 44.0. The van der Waals surface area contributed by atoms with Gasteiger partial charge in [0, 0.05) is 56.2 Å². The van der Waals surface area contributed by atoms with Gasteiger partial charge in [-0.05, 0) is 36.6 Å². The Morgan fingerprint density at radius 3 is 1.60 bits per heavy atom. The summed E-state index contributed by atoms with van der Waals surface area (Å²) in [4.78, 5) is 107. The molecule has 1 heterocycles. The molecule has 0 fully saturated rings. The Kier molecular flexibility index (Phi) is 27.8. The van der Waals surface area contributed by atoms with Gasteiger partial charge >= 0.3 is 31.6 Å². The number of anilines is 1. The van der Waals surface area contributed by atoms with E-state index in [1.165, 1.54) is 0 Å². The van der Waals surface area contributed by atoms with Crippen molar-refractivity contribution in [3.8, 4) is 11.8 Å². The number of rotatable bonds is 38. The van der Waals surface area contributed by atoms with Gasteiger partial charge in [-0.1, -0.05) is 42.2 Å². The molecule has 396 valence electrons. The van der Waals surface area contributed by atoms with E-state index in [1.54, 1.807) is 9.99 Å². The summed E-state index contributed by atoms with van der Waals surface area (Å²) in [6.07, 6.45) is -2.70. The number of carbonyl (C=O) groups excluding carboxylic acids is 4. The quantitative estimate of drug-likeness (QED) is 0.0253. The number of para-hydroxylation sites is 1. The van der Waals surface area contributed by atoms with Crippen LogP contribution in [0.5, 0.6) is 0 Å². The molecule has 2 aromatic rings. The standard InChI is InChI=1S/C46H62N5O20P/c52-39(47-19-15-42(55)51-31-34-7-2-1-5-32(34)9-10-33-6-3-4-8-38(33)51)17-20-66-23-25-68-27-29-70-30-28-69-26-24-67-21-18-41(54)48-35(44(58)59)11-13-40(53)49-36(45(60)61)16-22-71-72(64,65)50-37(46(62)63)12-14-43(56)57/h1-8,35-37H,11-31H2,(H,47,52)(H,48,54)(H,49,53)(H,56,57)(H,58,59)(H,60,61)(H,62,63)(H2,50,64,65)/t35-,36+,37+/m1/s1. The van der Waals surface area contributed by atoms with Gasteiger partial charge in [0.25, 0.3) is 0 Å². The van der Waals surface area contributed by atoms with Crippen LogP contribution in [-0.4, -0.2) is 170 Å². The van der Waals surface area contributed by atoms with E-state index in [4.69, 9.17) is 33.9 Å². The number of ether oxygens (including phenoxy) is 5. The minimum atomic E-state index is -4.85. The first-order chi connectivity index (χ1) is 34.5. The smallest absolute Gasteiger partial charge is 0.403 e. The molecular weight excluding hydrogens is 973 g/mol. The van der Waals surface area contributed by atoms with Crippen LogP contribution in [0, 0.1) is 11.8 Å². The normalized spacial score (nSPS) is 13.8. The van der Waals surface area contributed by atoms with Crippen LogP contribution in [0.25, 0.3) is 0 Å². The Hall–Kier alpha value is -6.33. The summed E-state index contributed by atoms with van der Waals surface area (Å²) in [7, 11) is -4.85. The third kappa shape index (κ3) is 24.7. The van der Waals surface area contributed by atoms with Crippen LogP contribution in [0.15, 0.2) is 48.5 Å². The van der Waals surface area contributed by atoms with Gasteiger partial charge in [0.2, 0.25) is 23.6 Å². The van der Waals surface area contributed by atoms with E-state index in [9.17, 15) is 58.0 Å². The van der Waals surface area contributed by atoms with Crippen molar-refractivity contribution in [2.45, 2.75) is 76.0 Å². The van der Waals surface area contributed by atoms with E-state index < -0.39 is 100 Å². The van der Waals surface area contributed by atoms with Crippen molar-refractivity contribution >= 4 is 60.9 Å². The van der Waals surface area contributed by atoms with Crippen molar-refractivity contribution < 1.29 is 96.4 Å². The zero-order valence-corrected chi connectivity index (χ0v) is 40.3. The SMILES string of the molecule is O=C(O)CC[C@H](NP(=O)(O)OCC[C@H](NC(=O)CC[C@@H](NC(=O)CCOCCOCCOCCOCCOCCC(=O)NCCC(=O)N1Cc2ccccc2C#Cc2ccccc21)C(=O)O)C(=O)O)C(=O)O. The zero-order valence-electron chi connectivity index (χ0n) is 39.5.